The Morgan fingerprint density at radius 3 is 2.71 bits per heavy atom. The molecule has 4 nitrogen and oxygen atoms in total. The molecule has 1 aliphatic rings. The molecule has 0 heterocycles. The third-order valence-corrected chi connectivity index (χ3v) is 3.25. The Balaban J connectivity index is 2.01. The van der Waals surface area contributed by atoms with Crippen molar-refractivity contribution in [2.45, 2.75) is 31.5 Å². The SMILES string of the molecule is CNC(=O)OC1CC(O)(c2ccccc2C)C1. The number of hydrogen-bond acceptors (Lipinski definition) is 3. The Morgan fingerprint density at radius 1 is 1.47 bits per heavy atom. The zero-order valence-corrected chi connectivity index (χ0v) is 10.1. The summed E-state index contributed by atoms with van der Waals surface area (Å²) in [5, 5.41) is 12.8. The van der Waals surface area contributed by atoms with E-state index in [1.165, 1.54) is 7.05 Å². The molecule has 1 fully saturated rings. The van der Waals surface area contributed by atoms with E-state index < -0.39 is 11.7 Å². The Labute approximate surface area is 101 Å². The number of hydrogen-bond donors (Lipinski definition) is 2. The lowest BCUT2D eigenvalue weighted by Gasteiger charge is -2.43. The third kappa shape index (κ3) is 2.26. The molecule has 1 aromatic rings. The van der Waals surface area contributed by atoms with Crippen LogP contribution in [0.5, 0.6) is 0 Å². The van der Waals surface area contributed by atoms with Crippen LogP contribution in [-0.4, -0.2) is 24.4 Å². The number of carbonyl (C=O) groups is 1. The van der Waals surface area contributed by atoms with Crippen molar-refractivity contribution in [3.8, 4) is 0 Å². The van der Waals surface area contributed by atoms with Gasteiger partial charge >= 0.3 is 6.09 Å². The molecule has 0 unspecified atom stereocenters. The fourth-order valence-corrected chi connectivity index (χ4v) is 2.30. The van der Waals surface area contributed by atoms with Gasteiger partial charge in [0.1, 0.15) is 6.10 Å². The predicted octanol–water partition coefficient (Wildman–Crippen LogP) is 1.70. The molecule has 1 aliphatic carbocycles. The second-order valence-corrected chi connectivity index (χ2v) is 4.53. The van der Waals surface area contributed by atoms with Crippen molar-refractivity contribution < 1.29 is 14.6 Å². The largest absolute Gasteiger partial charge is 0.446 e. The Hall–Kier alpha value is -1.55. The van der Waals surface area contributed by atoms with Gasteiger partial charge in [0.25, 0.3) is 0 Å². The third-order valence-electron chi connectivity index (χ3n) is 3.25. The summed E-state index contributed by atoms with van der Waals surface area (Å²) in [4.78, 5) is 11.0. The molecule has 0 saturated heterocycles. The number of carbonyl (C=O) groups excluding carboxylic acids is 1. The van der Waals surface area contributed by atoms with Crippen molar-refractivity contribution in [1.29, 1.82) is 0 Å². The normalized spacial score (nSPS) is 27.1. The van der Waals surface area contributed by atoms with Gasteiger partial charge in [-0.15, -0.1) is 0 Å². The summed E-state index contributed by atoms with van der Waals surface area (Å²) in [6, 6.07) is 7.75. The van der Waals surface area contributed by atoms with E-state index in [9.17, 15) is 9.90 Å². The highest BCUT2D eigenvalue weighted by Gasteiger charge is 2.46. The second kappa shape index (κ2) is 4.37. The minimum absolute atomic E-state index is 0.195. The van der Waals surface area contributed by atoms with Crippen LogP contribution in [0.4, 0.5) is 4.79 Å². The highest BCUT2D eigenvalue weighted by atomic mass is 16.6. The van der Waals surface area contributed by atoms with E-state index in [0.717, 1.165) is 11.1 Å². The molecule has 1 amide bonds. The van der Waals surface area contributed by atoms with Crippen LogP contribution in [0.2, 0.25) is 0 Å². The number of aliphatic hydroxyl groups is 1. The van der Waals surface area contributed by atoms with Crippen LogP contribution in [0.1, 0.15) is 24.0 Å². The number of benzene rings is 1. The van der Waals surface area contributed by atoms with Crippen LogP contribution in [-0.2, 0) is 10.3 Å². The molecule has 92 valence electrons. The maximum atomic E-state index is 11.0. The number of ether oxygens (including phenoxy) is 1. The Kier molecular flexibility index (Phi) is 3.07. The average Bonchev–Trinajstić information content (AvgIpc) is 2.27. The van der Waals surface area contributed by atoms with Gasteiger partial charge in [-0.05, 0) is 18.1 Å². The zero-order valence-electron chi connectivity index (χ0n) is 10.1. The second-order valence-electron chi connectivity index (χ2n) is 4.53. The molecule has 2 N–H and O–H groups in total. The van der Waals surface area contributed by atoms with Gasteiger partial charge in [-0.25, -0.2) is 4.79 Å². The van der Waals surface area contributed by atoms with E-state index in [4.69, 9.17) is 4.74 Å². The van der Waals surface area contributed by atoms with Gasteiger partial charge in [0.2, 0.25) is 0 Å². The molecule has 0 bridgehead atoms. The van der Waals surface area contributed by atoms with Crippen LogP contribution in [0, 0.1) is 6.92 Å². The van der Waals surface area contributed by atoms with E-state index in [1.807, 2.05) is 31.2 Å². The first kappa shape index (κ1) is 11.9. The fraction of sp³-hybridized carbons (Fsp3) is 0.462. The fourth-order valence-electron chi connectivity index (χ4n) is 2.30. The minimum Gasteiger partial charge on any atom is -0.446 e. The first-order chi connectivity index (χ1) is 8.05. The highest BCUT2D eigenvalue weighted by Crippen LogP contribution is 2.44. The summed E-state index contributed by atoms with van der Waals surface area (Å²) in [5.74, 6) is 0. The summed E-state index contributed by atoms with van der Waals surface area (Å²) < 4.78 is 5.08. The van der Waals surface area contributed by atoms with Gasteiger partial charge in [0, 0.05) is 19.9 Å². The molecule has 0 radical (unpaired) electrons. The van der Waals surface area contributed by atoms with E-state index in [2.05, 4.69) is 5.32 Å². The molecule has 0 spiro atoms. The Morgan fingerprint density at radius 2 is 2.12 bits per heavy atom. The first-order valence-corrected chi connectivity index (χ1v) is 5.72. The minimum atomic E-state index is -0.843. The summed E-state index contributed by atoms with van der Waals surface area (Å²) in [7, 11) is 1.52. The standard InChI is InChI=1S/C13H17NO3/c1-9-5-3-4-6-11(9)13(16)7-10(8-13)17-12(15)14-2/h3-6,10,16H,7-8H2,1-2H3,(H,14,15). The number of aryl methyl sites for hydroxylation is 1. The van der Waals surface area contributed by atoms with Crippen molar-refractivity contribution in [2.24, 2.45) is 0 Å². The van der Waals surface area contributed by atoms with Gasteiger partial charge in [0.05, 0.1) is 5.60 Å². The lowest BCUT2D eigenvalue weighted by molar-refractivity contribution is -0.121. The topological polar surface area (TPSA) is 58.6 Å². The predicted molar refractivity (Wildman–Crippen MR) is 63.6 cm³/mol. The van der Waals surface area contributed by atoms with Crippen molar-refractivity contribution >= 4 is 6.09 Å². The molecule has 0 aliphatic heterocycles. The van der Waals surface area contributed by atoms with Gasteiger partial charge < -0.3 is 15.2 Å². The molecule has 1 aromatic carbocycles. The molecule has 0 aromatic heterocycles. The van der Waals surface area contributed by atoms with E-state index >= 15 is 0 Å². The lowest BCUT2D eigenvalue weighted by atomic mass is 9.71. The number of amides is 1. The Bertz CT molecular complexity index is 424. The molecule has 1 saturated carbocycles. The molecular formula is C13H17NO3. The van der Waals surface area contributed by atoms with E-state index in [1.54, 1.807) is 0 Å². The van der Waals surface area contributed by atoms with Crippen LogP contribution < -0.4 is 5.32 Å². The smallest absolute Gasteiger partial charge is 0.407 e. The lowest BCUT2D eigenvalue weighted by Crippen LogP contribution is -2.47. The van der Waals surface area contributed by atoms with Crippen LogP contribution >= 0.6 is 0 Å². The number of nitrogens with one attached hydrogen (secondary N) is 1. The van der Waals surface area contributed by atoms with Gasteiger partial charge in [0.15, 0.2) is 0 Å². The number of rotatable bonds is 2. The van der Waals surface area contributed by atoms with E-state index in [-0.39, 0.29) is 6.10 Å². The summed E-state index contributed by atoms with van der Waals surface area (Å²) >= 11 is 0. The van der Waals surface area contributed by atoms with E-state index in [0.29, 0.717) is 12.8 Å². The van der Waals surface area contributed by atoms with Crippen LogP contribution in [0.3, 0.4) is 0 Å². The van der Waals surface area contributed by atoms with Gasteiger partial charge in [-0.1, -0.05) is 24.3 Å². The van der Waals surface area contributed by atoms with Crippen molar-refractivity contribution in [2.75, 3.05) is 7.05 Å². The summed E-state index contributed by atoms with van der Waals surface area (Å²) in [6.45, 7) is 1.97. The number of alkyl carbamates (subject to hydrolysis) is 1. The first-order valence-electron chi connectivity index (χ1n) is 5.72. The molecule has 4 heteroatoms. The van der Waals surface area contributed by atoms with Crippen molar-refractivity contribution in [3.05, 3.63) is 35.4 Å². The van der Waals surface area contributed by atoms with Crippen molar-refractivity contribution in [1.82, 2.24) is 5.32 Å². The maximum absolute atomic E-state index is 11.0. The molecule has 17 heavy (non-hydrogen) atoms. The van der Waals surface area contributed by atoms with Gasteiger partial charge in [-0.3, -0.25) is 0 Å². The van der Waals surface area contributed by atoms with Crippen LogP contribution in [0.15, 0.2) is 24.3 Å². The monoisotopic (exact) mass is 235 g/mol. The summed E-state index contributed by atoms with van der Waals surface area (Å²) in [5.41, 5.74) is 1.15. The average molecular weight is 235 g/mol. The quantitative estimate of drug-likeness (QED) is 0.820. The maximum Gasteiger partial charge on any atom is 0.407 e. The molecule has 2 rings (SSSR count). The molecular weight excluding hydrogens is 218 g/mol. The van der Waals surface area contributed by atoms with Crippen molar-refractivity contribution in [3.63, 3.8) is 0 Å². The zero-order chi connectivity index (χ0) is 12.5. The summed E-state index contributed by atoms with van der Waals surface area (Å²) in [6.07, 6.45) is 0.290. The van der Waals surface area contributed by atoms with Gasteiger partial charge in [-0.2, -0.15) is 0 Å². The van der Waals surface area contributed by atoms with Crippen LogP contribution in [0.25, 0.3) is 0 Å². The highest BCUT2D eigenvalue weighted by molar-refractivity contribution is 5.67. The molecule has 0 atom stereocenters.